The number of halogens is 1. The van der Waals surface area contributed by atoms with E-state index in [1.165, 1.54) is 0 Å². The third kappa shape index (κ3) is 6.06. The molecular formula is C17H25ClO3. The molecule has 0 aliphatic heterocycles. The number of ether oxygens (including phenoxy) is 1. The molecule has 118 valence electrons. The van der Waals surface area contributed by atoms with Gasteiger partial charge in [-0.3, -0.25) is 4.79 Å². The number of unbranched alkanes of at least 4 members (excludes halogenated alkanes) is 2. The first-order valence-corrected chi connectivity index (χ1v) is 8.06. The normalized spacial score (nSPS) is 13.7. The van der Waals surface area contributed by atoms with E-state index in [0.29, 0.717) is 10.6 Å². The third-order valence-electron chi connectivity index (χ3n) is 3.59. The van der Waals surface area contributed by atoms with Gasteiger partial charge in [-0.2, -0.15) is 0 Å². The summed E-state index contributed by atoms with van der Waals surface area (Å²) in [6.45, 7) is 3.88. The number of esters is 1. The molecule has 0 bridgehead atoms. The largest absolute Gasteiger partial charge is 0.462 e. The van der Waals surface area contributed by atoms with E-state index >= 15 is 0 Å². The molecule has 0 aliphatic rings. The Morgan fingerprint density at radius 1 is 1.33 bits per heavy atom. The van der Waals surface area contributed by atoms with Crippen molar-refractivity contribution in [3.05, 3.63) is 34.9 Å². The van der Waals surface area contributed by atoms with Crippen LogP contribution in [0.2, 0.25) is 5.02 Å². The molecule has 0 amide bonds. The monoisotopic (exact) mass is 312 g/mol. The van der Waals surface area contributed by atoms with Crippen LogP contribution >= 0.6 is 11.6 Å². The minimum Gasteiger partial charge on any atom is -0.462 e. The molecule has 0 aromatic heterocycles. The molecule has 0 radical (unpaired) electrons. The molecule has 21 heavy (non-hydrogen) atoms. The maximum absolute atomic E-state index is 12.3. The molecule has 1 aromatic carbocycles. The van der Waals surface area contributed by atoms with Gasteiger partial charge in [0.1, 0.15) is 12.0 Å². The molecular weight excluding hydrogens is 288 g/mol. The molecule has 3 nitrogen and oxygen atoms in total. The fraction of sp³-hybridized carbons (Fsp3) is 0.588. The highest BCUT2D eigenvalue weighted by Gasteiger charge is 2.24. The van der Waals surface area contributed by atoms with Gasteiger partial charge in [-0.15, -0.1) is 0 Å². The van der Waals surface area contributed by atoms with E-state index in [1.54, 1.807) is 24.3 Å². The van der Waals surface area contributed by atoms with E-state index in [4.69, 9.17) is 16.3 Å². The fourth-order valence-corrected chi connectivity index (χ4v) is 2.45. The second kappa shape index (κ2) is 9.80. The molecule has 0 saturated heterocycles. The molecule has 1 aromatic rings. The van der Waals surface area contributed by atoms with Crippen molar-refractivity contribution in [3.63, 3.8) is 0 Å². The Bertz CT molecular complexity index is 434. The second-order valence-corrected chi connectivity index (χ2v) is 5.69. The van der Waals surface area contributed by atoms with Crippen LogP contribution in [0.5, 0.6) is 0 Å². The van der Waals surface area contributed by atoms with Gasteiger partial charge in [0.05, 0.1) is 6.61 Å². The highest BCUT2D eigenvalue weighted by atomic mass is 35.5. The zero-order valence-corrected chi connectivity index (χ0v) is 13.6. The first-order valence-electron chi connectivity index (χ1n) is 7.69. The van der Waals surface area contributed by atoms with Crippen LogP contribution in [0.4, 0.5) is 0 Å². The van der Waals surface area contributed by atoms with Crippen molar-refractivity contribution in [2.45, 2.75) is 58.0 Å². The van der Waals surface area contributed by atoms with Gasteiger partial charge in [0.25, 0.3) is 0 Å². The number of carbonyl (C=O) groups excluding carboxylic acids is 1. The lowest BCUT2D eigenvalue weighted by molar-refractivity contribution is -0.152. The molecule has 0 spiro atoms. The highest BCUT2D eigenvalue weighted by molar-refractivity contribution is 6.30. The van der Waals surface area contributed by atoms with Gasteiger partial charge in [-0.25, -0.2) is 0 Å². The SMILES string of the molecule is CCCCCC(CC)OC(=O)C(CO)c1cccc(Cl)c1. The first kappa shape index (κ1) is 18.0. The molecule has 0 aliphatic carbocycles. The molecule has 0 fully saturated rings. The van der Waals surface area contributed by atoms with Crippen LogP contribution in [-0.4, -0.2) is 23.8 Å². The Hall–Kier alpha value is -1.06. The van der Waals surface area contributed by atoms with Crippen molar-refractivity contribution in [2.75, 3.05) is 6.61 Å². The Kier molecular flexibility index (Phi) is 8.40. The lowest BCUT2D eigenvalue weighted by Gasteiger charge is -2.20. The van der Waals surface area contributed by atoms with Gasteiger partial charge < -0.3 is 9.84 Å². The molecule has 4 heteroatoms. The lowest BCUT2D eigenvalue weighted by atomic mass is 10.00. The standard InChI is InChI=1S/C17H25ClO3/c1-3-5-6-10-15(4-2)21-17(20)16(12-19)13-8-7-9-14(18)11-13/h7-9,11,15-16,19H,3-6,10,12H2,1-2H3. The third-order valence-corrected chi connectivity index (χ3v) is 3.82. The summed E-state index contributed by atoms with van der Waals surface area (Å²) in [6, 6.07) is 6.99. The van der Waals surface area contributed by atoms with E-state index < -0.39 is 5.92 Å². The Morgan fingerprint density at radius 2 is 2.10 bits per heavy atom. The summed E-state index contributed by atoms with van der Waals surface area (Å²) in [5.41, 5.74) is 0.693. The summed E-state index contributed by atoms with van der Waals surface area (Å²) in [7, 11) is 0. The van der Waals surface area contributed by atoms with Crippen molar-refractivity contribution in [2.24, 2.45) is 0 Å². The maximum Gasteiger partial charge on any atom is 0.316 e. The van der Waals surface area contributed by atoms with Gasteiger partial charge in [0.2, 0.25) is 0 Å². The van der Waals surface area contributed by atoms with Crippen LogP contribution in [0.1, 0.15) is 57.4 Å². The summed E-state index contributed by atoms with van der Waals surface area (Å²) in [5.74, 6) is -1.04. The van der Waals surface area contributed by atoms with Crippen LogP contribution in [0, 0.1) is 0 Å². The molecule has 2 unspecified atom stereocenters. The Morgan fingerprint density at radius 3 is 2.67 bits per heavy atom. The topological polar surface area (TPSA) is 46.5 Å². The fourth-order valence-electron chi connectivity index (χ4n) is 2.25. The number of hydrogen-bond donors (Lipinski definition) is 1. The molecule has 0 heterocycles. The second-order valence-electron chi connectivity index (χ2n) is 5.25. The van der Waals surface area contributed by atoms with Crippen LogP contribution in [-0.2, 0) is 9.53 Å². The minimum absolute atomic E-state index is 0.0720. The molecule has 1 N–H and O–H groups in total. The lowest BCUT2D eigenvalue weighted by Crippen LogP contribution is -2.25. The van der Waals surface area contributed by atoms with Crippen molar-refractivity contribution < 1.29 is 14.6 Å². The van der Waals surface area contributed by atoms with Crippen molar-refractivity contribution in [1.82, 2.24) is 0 Å². The van der Waals surface area contributed by atoms with E-state index in [0.717, 1.165) is 32.1 Å². The molecule has 1 rings (SSSR count). The predicted molar refractivity (Wildman–Crippen MR) is 85.6 cm³/mol. The number of hydrogen-bond acceptors (Lipinski definition) is 3. The van der Waals surface area contributed by atoms with E-state index in [2.05, 4.69) is 6.92 Å². The average Bonchev–Trinajstić information content (AvgIpc) is 2.47. The van der Waals surface area contributed by atoms with Gasteiger partial charge in [0.15, 0.2) is 0 Å². The first-order chi connectivity index (χ1) is 10.1. The highest BCUT2D eigenvalue weighted by Crippen LogP contribution is 2.22. The van der Waals surface area contributed by atoms with Crippen molar-refractivity contribution >= 4 is 17.6 Å². The maximum atomic E-state index is 12.3. The zero-order chi connectivity index (χ0) is 15.7. The van der Waals surface area contributed by atoms with E-state index in [-0.39, 0.29) is 18.7 Å². The zero-order valence-electron chi connectivity index (χ0n) is 12.8. The van der Waals surface area contributed by atoms with E-state index in [9.17, 15) is 9.90 Å². The van der Waals surface area contributed by atoms with Crippen LogP contribution < -0.4 is 0 Å². The number of rotatable bonds is 9. The van der Waals surface area contributed by atoms with Crippen LogP contribution in [0.25, 0.3) is 0 Å². The minimum atomic E-state index is -0.663. The summed E-state index contributed by atoms with van der Waals surface area (Å²) in [5, 5.41) is 10.0. The van der Waals surface area contributed by atoms with Gasteiger partial charge >= 0.3 is 5.97 Å². The average molecular weight is 313 g/mol. The number of aliphatic hydroxyl groups excluding tert-OH is 1. The van der Waals surface area contributed by atoms with Crippen molar-refractivity contribution in [1.29, 1.82) is 0 Å². The number of benzene rings is 1. The Labute approximate surface area is 132 Å². The Balaban J connectivity index is 2.65. The number of aliphatic hydroxyl groups is 1. The predicted octanol–water partition coefficient (Wildman–Crippen LogP) is 4.32. The van der Waals surface area contributed by atoms with E-state index in [1.807, 2.05) is 6.92 Å². The smallest absolute Gasteiger partial charge is 0.316 e. The molecule has 2 atom stereocenters. The molecule has 0 saturated carbocycles. The van der Waals surface area contributed by atoms with Gasteiger partial charge in [0, 0.05) is 5.02 Å². The summed E-state index contributed by atoms with van der Waals surface area (Å²) in [6.07, 6.45) is 4.95. The number of carbonyl (C=O) groups is 1. The summed E-state index contributed by atoms with van der Waals surface area (Å²) < 4.78 is 5.55. The summed E-state index contributed by atoms with van der Waals surface area (Å²) in [4.78, 5) is 12.3. The van der Waals surface area contributed by atoms with Gasteiger partial charge in [-0.1, -0.05) is 50.4 Å². The van der Waals surface area contributed by atoms with Crippen molar-refractivity contribution in [3.8, 4) is 0 Å². The quantitative estimate of drug-likeness (QED) is 0.545. The van der Waals surface area contributed by atoms with Crippen LogP contribution in [0.3, 0.4) is 0 Å². The van der Waals surface area contributed by atoms with Crippen LogP contribution in [0.15, 0.2) is 24.3 Å². The van der Waals surface area contributed by atoms with Gasteiger partial charge in [-0.05, 0) is 37.0 Å². The summed E-state index contributed by atoms with van der Waals surface area (Å²) >= 11 is 5.93.